The molecule has 2 aromatic carbocycles. The molecule has 1 aliphatic rings. The van der Waals surface area contributed by atoms with Gasteiger partial charge in [-0.3, -0.25) is 24.8 Å². The molecule has 0 radical (unpaired) electrons. The van der Waals surface area contributed by atoms with Crippen molar-refractivity contribution in [2.24, 2.45) is 5.10 Å². The second-order valence-electron chi connectivity index (χ2n) is 5.85. The highest BCUT2D eigenvalue weighted by molar-refractivity contribution is 6.42. The number of halogens is 4. The van der Waals surface area contributed by atoms with Gasteiger partial charge >= 0.3 is 0 Å². The number of hydrogen-bond acceptors (Lipinski definition) is 5. The predicted molar refractivity (Wildman–Crippen MR) is 112 cm³/mol. The van der Waals surface area contributed by atoms with Crippen molar-refractivity contribution >= 4 is 75.2 Å². The number of carbonyl (C=O) groups excluding carboxylic acids is 1. The molecule has 0 fully saturated rings. The van der Waals surface area contributed by atoms with Crippen LogP contribution in [-0.2, 0) is 4.79 Å². The summed E-state index contributed by atoms with van der Waals surface area (Å²) >= 11 is 24.6. The number of amidine groups is 1. The fourth-order valence-electron chi connectivity index (χ4n) is 2.82. The van der Waals surface area contributed by atoms with Crippen molar-refractivity contribution in [1.82, 2.24) is 0 Å². The van der Waals surface area contributed by atoms with Gasteiger partial charge in [-0.1, -0.05) is 46.4 Å². The number of nitrogens with zero attached hydrogens (tertiary/aromatic N) is 4. The summed E-state index contributed by atoms with van der Waals surface area (Å²) in [4.78, 5) is 24.1. The topological polar surface area (TPSA) is 79.0 Å². The number of anilines is 2. The maximum atomic E-state index is 12.3. The normalized spacial score (nSPS) is 13.5. The molecule has 1 heterocycles. The molecule has 0 bridgehead atoms. The summed E-state index contributed by atoms with van der Waals surface area (Å²) in [6.07, 6.45) is 0.369. The minimum atomic E-state index is -0.561. The van der Waals surface area contributed by atoms with Gasteiger partial charge in [-0.05, 0) is 18.2 Å². The monoisotopic (exact) mass is 460 g/mol. The van der Waals surface area contributed by atoms with Crippen molar-refractivity contribution in [1.29, 1.82) is 0 Å². The summed E-state index contributed by atoms with van der Waals surface area (Å²) in [6, 6.07) is 6.94. The van der Waals surface area contributed by atoms with E-state index in [1.165, 1.54) is 42.2 Å². The van der Waals surface area contributed by atoms with Crippen LogP contribution in [0.2, 0.25) is 20.1 Å². The molecule has 0 saturated heterocycles. The Morgan fingerprint density at radius 2 is 1.79 bits per heavy atom. The molecule has 1 aliphatic heterocycles. The zero-order valence-corrected chi connectivity index (χ0v) is 17.4. The van der Waals surface area contributed by atoms with E-state index in [1.807, 2.05) is 0 Å². The van der Waals surface area contributed by atoms with Gasteiger partial charge in [0.2, 0.25) is 5.91 Å². The van der Waals surface area contributed by atoms with Crippen LogP contribution in [0, 0.1) is 10.1 Å². The van der Waals surface area contributed by atoms with E-state index in [1.54, 1.807) is 5.01 Å². The third-order valence-corrected chi connectivity index (χ3v) is 5.09. The number of nitro groups is 1. The maximum absolute atomic E-state index is 12.3. The van der Waals surface area contributed by atoms with Gasteiger partial charge in [0.05, 0.1) is 31.4 Å². The molecular formula is C17H12Cl4N4O3. The van der Waals surface area contributed by atoms with Gasteiger partial charge in [0.1, 0.15) is 5.84 Å². The highest BCUT2D eigenvalue weighted by Crippen LogP contribution is 2.39. The van der Waals surface area contributed by atoms with Gasteiger partial charge in [-0.25, -0.2) is 0 Å². The summed E-state index contributed by atoms with van der Waals surface area (Å²) in [5.74, 6) is -0.0340. The molecule has 1 amide bonds. The van der Waals surface area contributed by atoms with E-state index in [-0.39, 0.29) is 16.4 Å². The maximum Gasteiger partial charge on any atom is 0.271 e. The van der Waals surface area contributed by atoms with E-state index in [0.717, 1.165) is 0 Å². The minimum Gasteiger partial charge on any atom is -0.274 e. The van der Waals surface area contributed by atoms with Gasteiger partial charge < -0.3 is 0 Å². The summed E-state index contributed by atoms with van der Waals surface area (Å²) in [5.41, 5.74) is 0.443. The van der Waals surface area contributed by atoms with Crippen molar-refractivity contribution in [2.75, 3.05) is 16.5 Å². The van der Waals surface area contributed by atoms with E-state index in [0.29, 0.717) is 39.6 Å². The Hall–Kier alpha value is -2.06. The molecule has 7 nitrogen and oxygen atoms in total. The summed E-state index contributed by atoms with van der Waals surface area (Å²) in [7, 11) is 0. The van der Waals surface area contributed by atoms with Gasteiger partial charge in [0, 0.05) is 37.0 Å². The Labute approximate surface area is 180 Å². The standard InChI is InChI=1S/C17H12Cl4N4O3/c1-9(26)24(15-8-11(25(27)28)2-3-12(15)19)16-4-5-23(22-16)17-13(20)6-10(18)7-14(17)21/h2-3,6-8H,4-5H2,1H3. The van der Waals surface area contributed by atoms with E-state index < -0.39 is 10.8 Å². The number of hydrogen-bond donors (Lipinski definition) is 0. The van der Waals surface area contributed by atoms with Crippen molar-refractivity contribution in [3.05, 3.63) is 60.5 Å². The van der Waals surface area contributed by atoms with Gasteiger partial charge in [-0.15, -0.1) is 0 Å². The SMILES string of the molecule is CC(=O)N(C1=NN(c2c(Cl)cc(Cl)cc2Cl)CC1)c1cc([N+](=O)[O-])ccc1Cl. The Kier molecular flexibility index (Phi) is 6.00. The van der Waals surface area contributed by atoms with Crippen molar-refractivity contribution in [3.8, 4) is 0 Å². The molecule has 0 spiro atoms. The molecule has 0 N–H and O–H groups in total. The Morgan fingerprint density at radius 1 is 1.14 bits per heavy atom. The van der Waals surface area contributed by atoms with E-state index in [4.69, 9.17) is 46.4 Å². The second-order valence-corrected chi connectivity index (χ2v) is 7.51. The van der Waals surface area contributed by atoms with Crippen LogP contribution in [0.3, 0.4) is 0 Å². The van der Waals surface area contributed by atoms with Crippen LogP contribution in [0.25, 0.3) is 0 Å². The summed E-state index contributed by atoms with van der Waals surface area (Å²) < 4.78 is 0. The molecule has 0 aromatic heterocycles. The molecular weight excluding hydrogens is 450 g/mol. The highest BCUT2D eigenvalue weighted by atomic mass is 35.5. The predicted octanol–water partition coefficient (Wildman–Crippen LogP) is 5.79. The molecule has 0 aliphatic carbocycles. The first kappa shape index (κ1) is 20.7. The lowest BCUT2D eigenvalue weighted by Crippen LogP contribution is -2.34. The average molecular weight is 462 g/mol. The van der Waals surface area contributed by atoms with Gasteiger partial charge in [0.25, 0.3) is 5.69 Å². The number of carbonyl (C=O) groups is 1. The third kappa shape index (κ3) is 4.03. The first-order valence-corrected chi connectivity index (χ1v) is 9.44. The molecule has 28 heavy (non-hydrogen) atoms. The van der Waals surface area contributed by atoms with Crippen LogP contribution in [0.5, 0.6) is 0 Å². The molecule has 11 heteroatoms. The second kappa shape index (κ2) is 8.13. The number of benzene rings is 2. The average Bonchev–Trinajstić information content (AvgIpc) is 3.04. The molecule has 0 unspecified atom stereocenters. The summed E-state index contributed by atoms with van der Waals surface area (Å²) in [6.45, 7) is 1.72. The number of nitro benzene ring substituents is 1. The van der Waals surface area contributed by atoms with Crippen LogP contribution in [-0.4, -0.2) is 23.2 Å². The lowest BCUT2D eigenvalue weighted by atomic mass is 10.2. The summed E-state index contributed by atoms with van der Waals surface area (Å²) in [5, 5.41) is 18.3. The minimum absolute atomic E-state index is 0.178. The van der Waals surface area contributed by atoms with Crippen LogP contribution in [0.1, 0.15) is 13.3 Å². The molecule has 2 aromatic rings. The molecule has 3 rings (SSSR count). The molecule has 0 atom stereocenters. The zero-order valence-electron chi connectivity index (χ0n) is 14.3. The Balaban J connectivity index is 2.04. The van der Waals surface area contributed by atoms with E-state index >= 15 is 0 Å². The van der Waals surface area contributed by atoms with Gasteiger partial charge in [-0.2, -0.15) is 5.10 Å². The zero-order chi connectivity index (χ0) is 20.6. The lowest BCUT2D eigenvalue weighted by Gasteiger charge is -2.21. The third-order valence-electron chi connectivity index (χ3n) is 3.98. The van der Waals surface area contributed by atoms with E-state index in [2.05, 4.69) is 5.10 Å². The van der Waals surface area contributed by atoms with Crippen LogP contribution >= 0.6 is 46.4 Å². The smallest absolute Gasteiger partial charge is 0.271 e. The number of amides is 1. The Morgan fingerprint density at radius 3 is 2.36 bits per heavy atom. The lowest BCUT2D eigenvalue weighted by molar-refractivity contribution is -0.384. The molecule has 146 valence electrons. The van der Waals surface area contributed by atoms with Crippen molar-refractivity contribution in [3.63, 3.8) is 0 Å². The van der Waals surface area contributed by atoms with Crippen LogP contribution in [0.4, 0.5) is 17.1 Å². The van der Waals surface area contributed by atoms with Gasteiger partial charge in [0.15, 0.2) is 0 Å². The largest absolute Gasteiger partial charge is 0.274 e. The first-order chi connectivity index (χ1) is 13.2. The van der Waals surface area contributed by atoms with E-state index in [9.17, 15) is 14.9 Å². The number of non-ortho nitro benzene ring substituents is 1. The quantitative estimate of drug-likeness (QED) is 0.428. The molecule has 0 saturated carbocycles. The number of hydrazone groups is 1. The fourth-order valence-corrected chi connectivity index (χ4v) is 4.04. The highest BCUT2D eigenvalue weighted by Gasteiger charge is 2.29. The van der Waals surface area contributed by atoms with Crippen molar-refractivity contribution in [2.45, 2.75) is 13.3 Å². The van der Waals surface area contributed by atoms with Crippen LogP contribution < -0.4 is 9.91 Å². The van der Waals surface area contributed by atoms with Crippen LogP contribution in [0.15, 0.2) is 35.4 Å². The Bertz CT molecular complexity index is 989. The first-order valence-electron chi connectivity index (χ1n) is 7.93. The number of rotatable bonds is 3. The van der Waals surface area contributed by atoms with Crippen molar-refractivity contribution < 1.29 is 9.72 Å². The fraction of sp³-hybridized carbons (Fsp3) is 0.176.